The highest BCUT2D eigenvalue weighted by molar-refractivity contribution is 8.03. The fraction of sp³-hybridized carbons (Fsp3) is 0.739. The normalized spacial score (nSPS) is 17.9. The molecule has 0 aromatic heterocycles. The van der Waals surface area contributed by atoms with Crippen LogP contribution in [0, 0.1) is 11.8 Å². The van der Waals surface area contributed by atoms with E-state index in [1.54, 1.807) is 11.8 Å². The van der Waals surface area contributed by atoms with Crippen molar-refractivity contribution in [1.29, 1.82) is 0 Å². The van der Waals surface area contributed by atoms with E-state index < -0.39 is 6.10 Å². The summed E-state index contributed by atoms with van der Waals surface area (Å²) in [5, 5.41) is 10.2. The smallest absolute Gasteiger partial charge is 0.310 e. The van der Waals surface area contributed by atoms with Crippen LogP contribution in [-0.2, 0) is 19.1 Å². The second-order valence-electron chi connectivity index (χ2n) is 7.97. The molecule has 2 atom stereocenters. The lowest BCUT2D eigenvalue weighted by Gasteiger charge is -2.13. The van der Waals surface area contributed by atoms with Crippen LogP contribution >= 0.6 is 11.8 Å². The van der Waals surface area contributed by atoms with Crippen molar-refractivity contribution >= 4 is 23.7 Å². The van der Waals surface area contributed by atoms with Gasteiger partial charge in [-0.15, -0.1) is 11.8 Å². The van der Waals surface area contributed by atoms with Crippen molar-refractivity contribution in [3.63, 3.8) is 0 Å². The summed E-state index contributed by atoms with van der Waals surface area (Å²) in [5.41, 5.74) is 0. The van der Waals surface area contributed by atoms with Gasteiger partial charge in [0.1, 0.15) is 5.76 Å². The molecule has 0 aromatic rings. The van der Waals surface area contributed by atoms with Crippen LogP contribution in [0.1, 0.15) is 78.6 Å². The molecule has 1 rings (SSSR count). The van der Waals surface area contributed by atoms with Crippen molar-refractivity contribution in [1.82, 2.24) is 0 Å². The molecule has 0 fully saturated rings. The van der Waals surface area contributed by atoms with Crippen molar-refractivity contribution in [2.75, 3.05) is 12.9 Å². The van der Waals surface area contributed by atoms with Gasteiger partial charge < -0.3 is 14.6 Å². The van der Waals surface area contributed by atoms with Crippen molar-refractivity contribution in [3.8, 4) is 0 Å². The topological polar surface area (TPSA) is 72.8 Å². The first kappa shape index (κ1) is 25.8. The first-order chi connectivity index (χ1) is 13.9. The third kappa shape index (κ3) is 10.9. The number of carbonyl (C=O) groups is 2. The van der Waals surface area contributed by atoms with Gasteiger partial charge in [-0.3, -0.25) is 9.59 Å². The van der Waals surface area contributed by atoms with Crippen LogP contribution < -0.4 is 0 Å². The molecule has 5 nitrogen and oxygen atoms in total. The fourth-order valence-electron chi connectivity index (χ4n) is 3.27. The second-order valence-corrected chi connectivity index (χ2v) is 9.11. The minimum Gasteiger partial charge on any atom is -0.469 e. The van der Waals surface area contributed by atoms with Crippen LogP contribution in [0.25, 0.3) is 0 Å². The lowest BCUT2D eigenvalue weighted by molar-refractivity contribution is -0.141. The van der Waals surface area contributed by atoms with Gasteiger partial charge in [0.05, 0.1) is 13.2 Å². The monoisotopic (exact) mass is 426 g/mol. The zero-order valence-electron chi connectivity index (χ0n) is 18.4. The number of thioether (sulfide) groups is 1. The number of carbonyl (C=O) groups excluding carboxylic acids is 2. The highest BCUT2D eigenvalue weighted by Gasteiger charge is 2.27. The number of hydrogen-bond donors (Lipinski definition) is 1. The molecule has 1 aliphatic carbocycles. The minimum absolute atomic E-state index is 0.161. The molecule has 0 aliphatic heterocycles. The van der Waals surface area contributed by atoms with Gasteiger partial charge in [0.25, 0.3) is 0 Å². The van der Waals surface area contributed by atoms with Crippen molar-refractivity contribution in [2.24, 2.45) is 11.8 Å². The quantitative estimate of drug-likeness (QED) is 0.228. The third-order valence-electron chi connectivity index (χ3n) is 4.77. The largest absolute Gasteiger partial charge is 0.469 e. The van der Waals surface area contributed by atoms with Crippen molar-refractivity contribution < 1.29 is 24.2 Å². The van der Waals surface area contributed by atoms with E-state index in [1.807, 2.05) is 13.0 Å². The maximum absolute atomic E-state index is 12.0. The molecular formula is C23H38O5S. The molecule has 0 bridgehead atoms. The summed E-state index contributed by atoms with van der Waals surface area (Å²) in [6.07, 6.45) is 10.4. The van der Waals surface area contributed by atoms with Crippen LogP contribution in [0.4, 0.5) is 0 Å². The standard InChI is InChI=1S/C23H38O5S/c1-5-9-22(26)28-20-14-12-18(11-13-19(24)16-17(2)3)23(20)29-15-8-6-7-10-21(25)27-4/h11,13,17-19,24H,5-10,12,14-16H2,1-4H3/b13-11+. The molecule has 0 saturated carbocycles. The molecule has 0 amide bonds. The van der Waals surface area contributed by atoms with Crippen LogP contribution in [-0.4, -0.2) is 36.0 Å². The number of methoxy groups -OCH3 is 1. The van der Waals surface area contributed by atoms with E-state index in [4.69, 9.17) is 4.74 Å². The number of ether oxygens (including phenoxy) is 2. The molecular weight excluding hydrogens is 388 g/mol. The summed E-state index contributed by atoms with van der Waals surface area (Å²) in [7, 11) is 1.41. The number of hydrogen-bond acceptors (Lipinski definition) is 6. The molecule has 166 valence electrons. The lowest BCUT2D eigenvalue weighted by Crippen LogP contribution is -2.07. The number of allylic oxidation sites excluding steroid dienone is 3. The molecule has 1 aliphatic rings. The Morgan fingerprint density at radius 1 is 1.21 bits per heavy atom. The zero-order valence-corrected chi connectivity index (χ0v) is 19.3. The van der Waals surface area contributed by atoms with E-state index in [9.17, 15) is 14.7 Å². The van der Waals surface area contributed by atoms with E-state index in [0.29, 0.717) is 18.8 Å². The average molecular weight is 427 g/mol. The van der Waals surface area contributed by atoms with E-state index in [1.165, 1.54) is 7.11 Å². The summed E-state index contributed by atoms with van der Waals surface area (Å²) < 4.78 is 10.3. The number of esters is 2. The first-order valence-corrected chi connectivity index (χ1v) is 11.9. The number of aliphatic hydroxyl groups excluding tert-OH is 1. The highest BCUT2D eigenvalue weighted by Crippen LogP contribution is 2.41. The van der Waals surface area contributed by atoms with E-state index in [2.05, 4.69) is 24.7 Å². The molecule has 0 radical (unpaired) electrons. The van der Waals surface area contributed by atoms with Crippen LogP contribution in [0.5, 0.6) is 0 Å². The van der Waals surface area contributed by atoms with Gasteiger partial charge >= 0.3 is 11.9 Å². The molecule has 0 spiro atoms. The summed E-state index contributed by atoms with van der Waals surface area (Å²) in [4.78, 5) is 24.3. The maximum atomic E-state index is 12.0. The molecule has 0 heterocycles. The zero-order chi connectivity index (χ0) is 21.6. The third-order valence-corrected chi connectivity index (χ3v) is 6.11. The summed E-state index contributed by atoms with van der Waals surface area (Å²) in [6, 6.07) is 0. The Kier molecular flexibility index (Phi) is 13.0. The van der Waals surface area contributed by atoms with E-state index in [-0.39, 0.29) is 17.9 Å². The van der Waals surface area contributed by atoms with Crippen molar-refractivity contribution in [3.05, 3.63) is 22.8 Å². The number of unbranched alkanes of at least 4 members (excludes halogenated alkanes) is 2. The molecule has 29 heavy (non-hydrogen) atoms. The van der Waals surface area contributed by atoms with Gasteiger partial charge in [-0.2, -0.15) is 0 Å². The minimum atomic E-state index is -0.439. The van der Waals surface area contributed by atoms with Gasteiger partial charge in [0, 0.05) is 30.1 Å². The van der Waals surface area contributed by atoms with E-state index in [0.717, 1.165) is 61.4 Å². The average Bonchev–Trinajstić information content (AvgIpc) is 3.03. The molecule has 1 N–H and O–H groups in total. The van der Waals surface area contributed by atoms with Gasteiger partial charge in [-0.25, -0.2) is 0 Å². The fourth-order valence-corrected chi connectivity index (χ4v) is 4.55. The molecule has 2 unspecified atom stereocenters. The lowest BCUT2D eigenvalue weighted by atomic mass is 10.0. The van der Waals surface area contributed by atoms with E-state index >= 15 is 0 Å². The van der Waals surface area contributed by atoms with Crippen LogP contribution in [0.15, 0.2) is 22.8 Å². The molecule has 0 saturated heterocycles. The van der Waals surface area contributed by atoms with Crippen LogP contribution in [0.2, 0.25) is 0 Å². The Morgan fingerprint density at radius 3 is 2.62 bits per heavy atom. The van der Waals surface area contributed by atoms with Gasteiger partial charge in [0.2, 0.25) is 0 Å². The Morgan fingerprint density at radius 2 is 1.97 bits per heavy atom. The summed E-state index contributed by atoms with van der Waals surface area (Å²) in [6.45, 7) is 6.16. The first-order valence-electron chi connectivity index (χ1n) is 10.9. The highest BCUT2D eigenvalue weighted by atomic mass is 32.2. The predicted octanol–water partition coefficient (Wildman–Crippen LogP) is 5.38. The number of aliphatic hydroxyl groups is 1. The Bertz CT molecular complexity index is 568. The second kappa shape index (κ2) is 14.7. The van der Waals surface area contributed by atoms with Gasteiger partial charge in [-0.05, 0) is 43.8 Å². The molecule has 0 aromatic carbocycles. The summed E-state index contributed by atoms with van der Waals surface area (Å²) >= 11 is 1.74. The van der Waals surface area contributed by atoms with Crippen molar-refractivity contribution in [2.45, 2.75) is 84.7 Å². The number of rotatable bonds is 14. The maximum Gasteiger partial charge on any atom is 0.310 e. The van der Waals surface area contributed by atoms with Gasteiger partial charge in [0.15, 0.2) is 0 Å². The SMILES string of the molecule is CCCC(=O)OC1=C(SCCCCCC(=O)OC)C(/C=C/C(O)CC(C)C)CC1. The summed E-state index contributed by atoms with van der Waals surface area (Å²) in [5.74, 6) is 2.04. The Balaban J connectivity index is 2.65. The van der Waals surface area contributed by atoms with Crippen LogP contribution in [0.3, 0.4) is 0 Å². The Hall–Kier alpha value is -1.27. The molecule has 6 heteroatoms. The predicted molar refractivity (Wildman–Crippen MR) is 118 cm³/mol. The van der Waals surface area contributed by atoms with Gasteiger partial charge in [-0.1, -0.05) is 39.3 Å². The Labute approximate surface area is 180 Å².